The van der Waals surface area contributed by atoms with Crippen LogP contribution < -0.4 is 15.4 Å². The molecule has 2 aromatic rings. The summed E-state index contributed by atoms with van der Waals surface area (Å²) in [6, 6.07) is 1.75. The van der Waals surface area contributed by atoms with Gasteiger partial charge in [0.2, 0.25) is 5.88 Å². The molecule has 1 unspecified atom stereocenters. The quantitative estimate of drug-likeness (QED) is 0.836. The zero-order chi connectivity index (χ0) is 18.6. The molecule has 0 spiro atoms. The minimum atomic E-state index is -0.511. The van der Waals surface area contributed by atoms with Crippen LogP contribution in [0.4, 0.5) is 5.82 Å². The fraction of sp³-hybridized carbons (Fsp3) is 0.579. The molecule has 0 bridgehead atoms. The lowest BCUT2D eigenvalue weighted by molar-refractivity contribution is 0.0995. The van der Waals surface area contributed by atoms with Gasteiger partial charge in [0.25, 0.3) is 5.91 Å². The fourth-order valence-electron chi connectivity index (χ4n) is 4.01. The molecule has 2 aromatic heterocycles. The van der Waals surface area contributed by atoms with E-state index in [1.165, 1.54) is 19.3 Å². The second-order valence-electron chi connectivity index (χ2n) is 7.45. The van der Waals surface area contributed by atoms with E-state index in [-0.39, 0.29) is 17.7 Å². The predicted octanol–water partition coefficient (Wildman–Crippen LogP) is 2.39. The Labute approximate surface area is 158 Å². The van der Waals surface area contributed by atoms with Gasteiger partial charge in [-0.15, -0.1) is 0 Å². The topological polar surface area (TPSA) is 110 Å². The number of hydrogen-bond donors (Lipinski definition) is 2. The molecule has 4 rings (SSSR count). The van der Waals surface area contributed by atoms with Crippen molar-refractivity contribution in [3.63, 3.8) is 0 Å². The van der Waals surface area contributed by atoms with Gasteiger partial charge in [0.15, 0.2) is 5.82 Å². The summed E-state index contributed by atoms with van der Waals surface area (Å²) >= 11 is 0. The van der Waals surface area contributed by atoms with Crippen molar-refractivity contribution in [1.29, 1.82) is 0 Å². The van der Waals surface area contributed by atoms with Crippen LogP contribution in [-0.4, -0.2) is 45.3 Å². The number of nitrogens with zero attached hydrogens (tertiary/aromatic N) is 4. The van der Waals surface area contributed by atoms with Crippen molar-refractivity contribution < 1.29 is 9.53 Å². The third kappa shape index (κ3) is 4.20. The molecule has 0 aromatic carbocycles. The summed E-state index contributed by atoms with van der Waals surface area (Å²) in [7, 11) is 0. The van der Waals surface area contributed by atoms with Crippen LogP contribution in [-0.2, 0) is 0 Å². The Hall–Kier alpha value is -2.64. The monoisotopic (exact) mass is 370 g/mol. The molecule has 2 aliphatic rings. The number of hydrogen-bond acceptors (Lipinski definition) is 6. The molecule has 1 aliphatic carbocycles. The number of amides is 1. The molecule has 1 aliphatic heterocycles. The van der Waals surface area contributed by atoms with Gasteiger partial charge in [0, 0.05) is 24.7 Å². The maximum absolute atomic E-state index is 11.3. The molecule has 8 heteroatoms. The highest BCUT2D eigenvalue weighted by Gasteiger charge is 2.25. The van der Waals surface area contributed by atoms with Gasteiger partial charge < -0.3 is 15.4 Å². The van der Waals surface area contributed by atoms with Gasteiger partial charge in [0.1, 0.15) is 11.8 Å². The molecular formula is C19H26N6O2. The lowest BCUT2D eigenvalue weighted by atomic mass is 9.94. The number of H-pyrrole nitrogens is 1. The van der Waals surface area contributed by atoms with Gasteiger partial charge >= 0.3 is 0 Å². The first-order chi connectivity index (χ1) is 13.2. The van der Waals surface area contributed by atoms with E-state index in [0.717, 1.165) is 50.3 Å². The molecule has 144 valence electrons. The Morgan fingerprint density at radius 3 is 2.81 bits per heavy atom. The van der Waals surface area contributed by atoms with E-state index in [1.54, 1.807) is 18.5 Å². The Morgan fingerprint density at radius 1 is 1.19 bits per heavy atom. The van der Waals surface area contributed by atoms with Crippen LogP contribution >= 0.6 is 0 Å². The van der Waals surface area contributed by atoms with Gasteiger partial charge in [-0.05, 0) is 44.6 Å². The minimum absolute atomic E-state index is 0.254. The van der Waals surface area contributed by atoms with Crippen LogP contribution in [0.1, 0.15) is 67.0 Å². The maximum atomic E-state index is 11.3. The van der Waals surface area contributed by atoms with Gasteiger partial charge in [-0.25, -0.2) is 0 Å². The SMILES string of the molecule is NC(=O)c1cc(C2CCCN(c3cncc(OC4CCCCC4)n3)C2)[nH]n1. The second kappa shape index (κ2) is 7.94. The largest absolute Gasteiger partial charge is 0.473 e. The number of aromatic nitrogens is 4. The predicted molar refractivity (Wildman–Crippen MR) is 101 cm³/mol. The lowest BCUT2D eigenvalue weighted by Crippen LogP contribution is -2.35. The van der Waals surface area contributed by atoms with Crippen molar-refractivity contribution in [2.45, 2.75) is 57.0 Å². The van der Waals surface area contributed by atoms with Gasteiger partial charge in [-0.3, -0.25) is 14.9 Å². The van der Waals surface area contributed by atoms with E-state index in [1.807, 2.05) is 0 Å². The first-order valence-electron chi connectivity index (χ1n) is 9.78. The normalized spacial score (nSPS) is 21.2. The number of nitrogens with one attached hydrogen (secondary N) is 1. The van der Waals surface area contributed by atoms with Crippen LogP contribution in [0.15, 0.2) is 18.5 Å². The van der Waals surface area contributed by atoms with Crippen LogP contribution in [0.5, 0.6) is 5.88 Å². The van der Waals surface area contributed by atoms with Crippen LogP contribution in [0.2, 0.25) is 0 Å². The standard InChI is InChI=1S/C19H26N6O2/c20-19(26)16-9-15(23-24-16)13-5-4-8-25(12-13)17-10-21-11-18(22-17)27-14-6-2-1-3-7-14/h9-11,13-14H,1-8,12H2,(H2,20,26)(H,23,24). The van der Waals surface area contributed by atoms with Gasteiger partial charge in [0.05, 0.1) is 12.4 Å². The average Bonchev–Trinajstić information content (AvgIpc) is 3.20. The number of ether oxygens (including phenoxy) is 1. The zero-order valence-electron chi connectivity index (χ0n) is 15.4. The van der Waals surface area contributed by atoms with Crippen molar-refractivity contribution in [3.05, 3.63) is 29.8 Å². The van der Waals surface area contributed by atoms with E-state index in [2.05, 4.69) is 20.1 Å². The second-order valence-corrected chi connectivity index (χ2v) is 7.45. The number of primary amides is 1. The van der Waals surface area contributed by atoms with E-state index < -0.39 is 5.91 Å². The maximum Gasteiger partial charge on any atom is 0.269 e. The first kappa shape index (κ1) is 17.8. The molecule has 1 amide bonds. The summed E-state index contributed by atoms with van der Waals surface area (Å²) in [6.07, 6.45) is 11.8. The molecule has 3 N–H and O–H groups in total. The molecule has 1 saturated heterocycles. The Morgan fingerprint density at radius 2 is 2.04 bits per heavy atom. The molecule has 27 heavy (non-hydrogen) atoms. The zero-order valence-corrected chi connectivity index (χ0v) is 15.4. The number of carbonyl (C=O) groups is 1. The van der Waals surface area contributed by atoms with E-state index >= 15 is 0 Å². The third-order valence-corrected chi connectivity index (χ3v) is 5.47. The van der Waals surface area contributed by atoms with Crippen molar-refractivity contribution >= 4 is 11.7 Å². The molecule has 0 radical (unpaired) electrons. The fourth-order valence-corrected chi connectivity index (χ4v) is 4.01. The summed E-state index contributed by atoms with van der Waals surface area (Å²) in [4.78, 5) is 22.5. The molecule has 1 atom stereocenters. The molecule has 8 nitrogen and oxygen atoms in total. The Balaban J connectivity index is 1.44. The van der Waals surface area contributed by atoms with Crippen LogP contribution in [0.25, 0.3) is 0 Å². The summed E-state index contributed by atoms with van der Waals surface area (Å²) in [5, 5.41) is 6.96. The smallest absolute Gasteiger partial charge is 0.269 e. The molecule has 2 fully saturated rings. The Bertz CT molecular complexity index is 786. The average molecular weight is 370 g/mol. The van der Waals surface area contributed by atoms with Gasteiger partial charge in [-0.1, -0.05) is 6.42 Å². The van der Waals surface area contributed by atoms with Crippen molar-refractivity contribution in [1.82, 2.24) is 20.2 Å². The highest BCUT2D eigenvalue weighted by Crippen LogP contribution is 2.29. The summed E-state index contributed by atoms with van der Waals surface area (Å²) < 4.78 is 6.06. The summed E-state index contributed by atoms with van der Waals surface area (Å²) in [6.45, 7) is 1.72. The minimum Gasteiger partial charge on any atom is -0.473 e. The van der Waals surface area contributed by atoms with Gasteiger partial charge in [-0.2, -0.15) is 10.1 Å². The number of nitrogens with two attached hydrogens (primary N) is 1. The molecular weight excluding hydrogens is 344 g/mol. The highest BCUT2D eigenvalue weighted by atomic mass is 16.5. The summed E-state index contributed by atoms with van der Waals surface area (Å²) in [5.74, 6) is 1.19. The number of piperidine rings is 1. The van der Waals surface area contributed by atoms with Crippen molar-refractivity contribution in [3.8, 4) is 5.88 Å². The van der Waals surface area contributed by atoms with Crippen molar-refractivity contribution in [2.75, 3.05) is 18.0 Å². The van der Waals surface area contributed by atoms with E-state index in [9.17, 15) is 4.79 Å². The number of rotatable bonds is 5. The molecule has 1 saturated carbocycles. The first-order valence-corrected chi connectivity index (χ1v) is 9.78. The highest BCUT2D eigenvalue weighted by molar-refractivity contribution is 5.90. The van der Waals surface area contributed by atoms with E-state index in [4.69, 9.17) is 15.5 Å². The Kier molecular flexibility index (Phi) is 5.22. The lowest BCUT2D eigenvalue weighted by Gasteiger charge is -2.33. The van der Waals surface area contributed by atoms with Crippen molar-refractivity contribution in [2.24, 2.45) is 5.73 Å². The number of anilines is 1. The third-order valence-electron chi connectivity index (χ3n) is 5.47. The number of carbonyl (C=O) groups excluding carboxylic acids is 1. The molecule has 3 heterocycles. The summed E-state index contributed by atoms with van der Waals surface area (Å²) in [5.41, 5.74) is 6.53. The number of aromatic amines is 1. The van der Waals surface area contributed by atoms with E-state index in [0.29, 0.717) is 5.88 Å². The van der Waals surface area contributed by atoms with Crippen LogP contribution in [0, 0.1) is 0 Å². The van der Waals surface area contributed by atoms with Crippen LogP contribution in [0.3, 0.4) is 0 Å².